The van der Waals surface area contributed by atoms with Crippen LogP contribution in [0.15, 0.2) is 12.3 Å². The summed E-state index contributed by atoms with van der Waals surface area (Å²) in [5, 5.41) is 6.70. The number of rotatable bonds is 3. The molecule has 0 unspecified atom stereocenters. The second-order valence-corrected chi connectivity index (χ2v) is 6.34. The first kappa shape index (κ1) is 14.3. The molecular weight excluding hydrogens is 308 g/mol. The van der Waals surface area contributed by atoms with Gasteiger partial charge in [0.25, 0.3) is 5.91 Å². The maximum absolute atomic E-state index is 12.3. The van der Waals surface area contributed by atoms with Crippen LogP contribution in [-0.4, -0.2) is 22.9 Å². The van der Waals surface area contributed by atoms with E-state index < -0.39 is 0 Å². The Morgan fingerprint density at radius 1 is 1.38 bits per heavy atom. The molecule has 0 saturated carbocycles. The minimum atomic E-state index is -0.259. The Morgan fingerprint density at radius 2 is 2.19 bits per heavy atom. The van der Waals surface area contributed by atoms with Crippen LogP contribution < -0.4 is 10.6 Å². The van der Waals surface area contributed by atoms with E-state index in [9.17, 15) is 4.79 Å². The van der Waals surface area contributed by atoms with E-state index in [1.54, 1.807) is 24.5 Å². The number of anilines is 2. The number of aromatic nitrogens is 2. The molecule has 110 valence electrons. The van der Waals surface area contributed by atoms with Crippen LogP contribution in [0.25, 0.3) is 0 Å². The fourth-order valence-electron chi connectivity index (χ4n) is 2.32. The van der Waals surface area contributed by atoms with Gasteiger partial charge in [0.05, 0.1) is 16.3 Å². The summed E-state index contributed by atoms with van der Waals surface area (Å²) in [4.78, 5) is 22.2. The lowest BCUT2D eigenvalue weighted by Crippen LogP contribution is -2.13. The van der Waals surface area contributed by atoms with Crippen molar-refractivity contribution in [2.75, 3.05) is 17.7 Å². The summed E-state index contributed by atoms with van der Waals surface area (Å²) in [7, 11) is 1.74. The average molecular weight is 323 g/mol. The minimum absolute atomic E-state index is 0.259. The minimum Gasteiger partial charge on any atom is -0.373 e. The molecule has 0 aliphatic heterocycles. The van der Waals surface area contributed by atoms with Crippen LogP contribution in [0.1, 0.15) is 33.8 Å². The molecule has 1 amide bonds. The molecule has 0 saturated heterocycles. The van der Waals surface area contributed by atoms with Gasteiger partial charge < -0.3 is 5.32 Å². The zero-order chi connectivity index (χ0) is 14.8. The molecule has 0 fully saturated rings. The first-order valence-corrected chi connectivity index (χ1v) is 8.00. The highest BCUT2D eigenvalue weighted by atomic mass is 35.5. The number of amides is 1. The summed E-state index contributed by atoms with van der Waals surface area (Å²) in [6.07, 6.45) is 5.90. The molecule has 0 atom stereocenters. The SMILES string of the molecule is CNc1cc(C(=O)Nc2nc3c(s2)CCCC3)c(Cl)cn1. The standard InChI is InChI=1S/C14H15ClN4OS/c1-16-12-6-8(9(15)7-17-12)13(20)19-14-18-10-4-2-3-5-11(10)21-14/h6-7H,2-5H2,1H3,(H,16,17)(H,18,19,20). The van der Waals surface area contributed by atoms with E-state index in [-0.39, 0.29) is 5.91 Å². The number of fused-ring (bicyclic) bond motifs is 1. The number of carbonyl (C=O) groups excluding carboxylic acids is 1. The summed E-state index contributed by atoms with van der Waals surface area (Å²) in [6, 6.07) is 1.63. The van der Waals surface area contributed by atoms with Gasteiger partial charge in [-0.1, -0.05) is 11.6 Å². The van der Waals surface area contributed by atoms with Gasteiger partial charge in [0.15, 0.2) is 5.13 Å². The van der Waals surface area contributed by atoms with Gasteiger partial charge in [-0.25, -0.2) is 9.97 Å². The van der Waals surface area contributed by atoms with E-state index in [4.69, 9.17) is 11.6 Å². The van der Waals surface area contributed by atoms with Crippen LogP contribution in [-0.2, 0) is 12.8 Å². The second-order valence-electron chi connectivity index (χ2n) is 4.85. The van der Waals surface area contributed by atoms with Gasteiger partial charge >= 0.3 is 0 Å². The van der Waals surface area contributed by atoms with E-state index in [0.29, 0.717) is 21.5 Å². The third-order valence-corrected chi connectivity index (χ3v) is 4.80. The molecule has 0 aromatic carbocycles. The first-order valence-electron chi connectivity index (χ1n) is 6.80. The monoisotopic (exact) mass is 322 g/mol. The van der Waals surface area contributed by atoms with Crippen molar-refractivity contribution in [1.29, 1.82) is 0 Å². The fraction of sp³-hybridized carbons (Fsp3) is 0.357. The molecule has 1 aliphatic carbocycles. The van der Waals surface area contributed by atoms with Crippen LogP contribution in [0.3, 0.4) is 0 Å². The van der Waals surface area contributed by atoms with Gasteiger partial charge in [-0.05, 0) is 31.7 Å². The van der Waals surface area contributed by atoms with E-state index >= 15 is 0 Å². The number of halogens is 1. The van der Waals surface area contributed by atoms with Gasteiger partial charge in [0.1, 0.15) is 5.82 Å². The lowest BCUT2D eigenvalue weighted by molar-refractivity contribution is 0.102. The van der Waals surface area contributed by atoms with Crippen molar-refractivity contribution in [3.05, 3.63) is 33.4 Å². The van der Waals surface area contributed by atoms with Crippen molar-refractivity contribution in [1.82, 2.24) is 9.97 Å². The van der Waals surface area contributed by atoms with Crippen LogP contribution in [0, 0.1) is 0 Å². The fourth-order valence-corrected chi connectivity index (χ4v) is 3.55. The Bertz CT molecular complexity index is 662. The van der Waals surface area contributed by atoms with Crippen LogP contribution in [0.2, 0.25) is 5.02 Å². The average Bonchev–Trinajstić information content (AvgIpc) is 2.89. The zero-order valence-corrected chi connectivity index (χ0v) is 13.1. The van der Waals surface area contributed by atoms with E-state index in [0.717, 1.165) is 18.5 Å². The highest BCUT2D eigenvalue weighted by Gasteiger charge is 2.18. The largest absolute Gasteiger partial charge is 0.373 e. The molecular formula is C14H15ClN4OS. The first-order chi connectivity index (χ1) is 10.2. The Labute approximate surface area is 131 Å². The maximum atomic E-state index is 12.3. The number of carbonyl (C=O) groups is 1. The van der Waals surface area contributed by atoms with Crippen molar-refractivity contribution in [2.24, 2.45) is 0 Å². The van der Waals surface area contributed by atoms with E-state index in [1.807, 2.05) is 0 Å². The molecule has 7 heteroatoms. The van der Waals surface area contributed by atoms with Crippen molar-refractivity contribution >= 4 is 39.8 Å². The number of aryl methyl sites for hydroxylation is 2. The summed E-state index contributed by atoms with van der Waals surface area (Å²) in [5.41, 5.74) is 1.52. The molecule has 5 nitrogen and oxygen atoms in total. The maximum Gasteiger partial charge on any atom is 0.259 e. The smallest absolute Gasteiger partial charge is 0.259 e. The number of hydrogen-bond donors (Lipinski definition) is 2. The summed E-state index contributed by atoms with van der Waals surface area (Å²) in [6.45, 7) is 0. The zero-order valence-electron chi connectivity index (χ0n) is 11.6. The Kier molecular flexibility index (Phi) is 4.07. The third-order valence-electron chi connectivity index (χ3n) is 3.42. The number of nitrogens with one attached hydrogen (secondary N) is 2. The molecule has 0 radical (unpaired) electrons. The lowest BCUT2D eigenvalue weighted by atomic mass is 10.0. The third kappa shape index (κ3) is 3.01. The molecule has 21 heavy (non-hydrogen) atoms. The van der Waals surface area contributed by atoms with Crippen LogP contribution in [0.5, 0.6) is 0 Å². The summed E-state index contributed by atoms with van der Waals surface area (Å²) in [5.74, 6) is 0.341. The van der Waals surface area contributed by atoms with Crippen molar-refractivity contribution < 1.29 is 4.79 Å². The molecule has 2 heterocycles. The Hall–Kier alpha value is -1.66. The Balaban J connectivity index is 1.81. The highest BCUT2D eigenvalue weighted by Crippen LogP contribution is 2.30. The summed E-state index contributed by atoms with van der Waals surface area (Å²) >= 11 is 7.60. The van der Waals surface area contributed by atoms with Crippen molar-refractivity contribution in [3.8, 4) is 0 Å². The molecule has 2 aromatic rings. The van der Waals surface area contributed by atoms with Gasteiger partial charge in [-0.15, -0.1) is 11.3 Å². The lowest BCUT2D eigenvalue weighted by Gasteiger charge is -2.06. The number of thiazole rings is 1. The van der Waals surface area contributed by atoms with Crippen molar-refractivity contribution in [3.63, 3.8) is 0 Å². The molecule has 2 N–H and O–H groups in total. The van der Waals surface area contributed by atoms with Crippen LogP contribution in [0.4, 0.5) is 10.9 Å². The van der Waals surface area contributed by atoms with Gasteiger partial charge in [0.2, 0.25) is 0 Å². The number of nitrogens with zero attached hydrogens (tertiary/aromatic N) is 2. The summed E-state index contributed by atoms with van der Waals surface area (Å²) < 4.78 is 0. The van der Waals surface area contributed by atoms with Gasteiger partial charge in [-0.3, -0.25) is 10.1 Å². The molecule has 0 spiro atoms. The normalized spacial score (nSPS) is 13.6. The van der Waals surface area contributed by atoms with E-state index in [2.05, 4.69) is 20.6 Å². The number of pyridine rings is 1. The molecule has 2 aromatic heterocycles. The topological polar surface area (TPSA) is 66.9 Å². The molecule has 1 aliphatic rings. The predicted molar refractivity (Wildman–Crippen MR) is 85.5 cm³/mol. The number of hydrogen-bond acceptors (Lipinski definition) is 5. The second kappa shape index (κ2) is 5.99. The van der Waals surface area contributed by atoms with Crippen LogP contribution >= 0.6 is 22.9 Å². The molecule has 0 bridgehead atoms. The van der Waals surface area contributed by atoms with Crippen molar-refractivity contribution in [2.45, 2.75) is 25.7 Å². The predicted octanol–water partition coefficient (Wildman–Crippen LogP) is 3.36. The van der Waals surface area contributed by atoms with Gasteiger partial charge in [-0.2, -0.15) is 0 Å². The highest BCUT2D eigenvalue weighted by molar-refractivity contribution is 7.15. The van der Waals surface area contributed by atoms with E-state index in [1.165, 1.54) is 23.9 Å². The Morgan fingerprint density at radius 3 is 2.95 bits per heavy atom. The quantitative estimate of drug-likeness (QED) is 0.909. The van der Waals surface area contributed by atoms with Gasteiger partial charge in [0, 0.05) is 18.1 Å². The molecule has 3 rings (SSSR count).